The molecule has 0 aromatic rings. The second-order valence-corrected chi connectivity index (χ2v) is 18.0. The van der Waals surface area contributed by atoms with Gasteiger partial charge in [-0.2, -0.15) is 0 Å². The molecule has 0 radical (unpaired) electrons. The van der Waals surface area contributed by atoms with Crippen LogP contribution in [0.3, 0.4) is 0 Å². The van der Waals surface area contributed by atoms with E-state index in [1.807, 2.05) is 6.08 Å². The molecule has 366 valence electrons. The second-order valence-electron chi connectivity index (χ2n) is 18.0. The van der Waals surface area contributed by atoms with E-state index in [-0.39, 0.29) is 18.9 Å². The highest BCUT2D eigenvalue weighted by molar-refractivity contribution is 5.76. The molecule has 0 bridgehead atoms. The quantitative estimate of drug-likeness (QED) is 0.0257. The molecule has 14 heteroatoms. The number of allylic oxidation sites excluding steroid dienone is 1. The van der Waals surface area contributed by atoms with Crippen molar-refractivity contribution >= 4 is 5.91 Å². The smallest absolute Gasteiger partial charge is 0.220 e. The molecular weight excluding hydrogens is 799 g/mol. The van der Waals surface area contributed by atoms with Crippen LogP contribution in [0, 0.1) is 0 Å². The summed E-state index contributed by atoms with van der Waals surface area (Å²) in [5.74, 6) is -0.239. The fourth-order valence-electron chi connectivity index (χ4n) is 8.35. The highest BCUT2D eigenvalue weighted by Gasteiger charge is 2.51. The first-order valence-corrected chi connectivity index (χ1v) is 24.9. The molecule has 2 saturated heterocycles. The minimum absolute atomic E-state index is 0.239. The van der Waals surface area contributed by atoms with Crippen LogP contribution in [-0.4, -0.2) is 140 Å². The molecule has 2 rings (SSSR count). The molecule has 62 heavy (non-hydrogen) atoms. The summed E-state index contributed by atoms with van der Waals surface area (Å²) in [6, 6.07) is -0.906. The molecule has 4 unspecified atom stereocenters. The van der Waals surface area contributed by atoms with Crippen molar-refractivity contribution in [1.82, 2.24) is 5.32 Å². The number of amides is 1. The van der Waals surface area contributed by atoms with Gasteiger partial charge in [0.2, 0.25) is 5.91 Å². The van der Waals surface area contributed by atoms with Gasteiger partial charge in [0.25, 0.3) is 0 Å². The summed E-state index contributed by atoms with van der Waals surface area (Å²) >= 11 is 0. The van der Waals surface area contributed by atoms with Gasteiger partial charge in [-0.05, 0) is 19.3 Å². The van der Waals surface area contributed by atoms with Crippen molar-refractivity contribution < 1.29 is 64.6 Å². The number of hydrogen-bond acceptors (Lipinski definition) is 13. The minimum atomic E-state index is -1.78. The van der Waals surface area contributed by atoms with Crippen LogP contribution in [0.1, 0.15) is 194 Å². The zero-order valence-electron chi connectivity index (χ0n) is 38.6. The lowest BCUT2D eigenvalue weighted by atomic mass is 9.97. The predicted molar refractivity (Wildman–Crippen MR) is 240 cm³/mol. The molecule has 2 aliphatic heterocycles. The average Bonchev–Trinajstić information content (AvgIpc) is 3.27. The van der Waals surface area contributed by atoms with E-state index >= 15 is 0 Å². The maximum Gasteiger partial charge on any atom is 0.220 e. The fourth-order valence-corrected chi connectivity index (χ4v) is 8.35. The fraction of sp³-hybridized carbons (Fsp3) is 0.938. The monoisotopic (exact) mass is 890 g/mol. The van der Waals surface area contributed by atoms with Gasteiger partial charge in [-0.1, -0.05) is 180 Å². The Bertz CT molecular complexity index is 1100. The van der Waals surface area contributed by atoms with Crippen molar-refractivity contribution in [3.05, 3.63) is 12.2 Å². The SMILES string of the molecule is CCCCCCCCCC/C=C/[C@@H](O)[C@H](CO[C@@H]1O[C@H](CO)[C@@H](O[C@@H]2O[C@H](CO)[C@H](O)C(O)C2O)C(O)C1O)NC(=O)CCCCCCCCCCCCCCCCCCCC. The van der Waals surface area contributed by atoms with E-state index in [1.54, 1.807) is 6.08 Å². The third-order valence-electron chi connectivity index (χ3n) is 12.5. The Morgan fingerprint density at radius 1 is 0.565 bits per heavy atom. The third kappa shape index (κ3) is 23.3. The average molecular weight is 890 g/mol. The van der Waals surface area contributed by atoms with Gasteiger partial charge < -0.3 is 65.1 Å². The lowest BCUT2D eigenvalue weighted by Gasteiger charge is -2.46. The molecule has 14 nitrogen and oxygen atoms in total. The maximum absolute atomic E-state index is 13.1. The van der Waals surface area contributed by atoms with E-state index in [2.05, 4.69) is 19.2 Å². The molecule has 0 aliphatic carbocycles. The summed E-state index contributed by atoms with van der Waals surface area (Å²) in [7, 11) is 0. The van der Waals surface area contributed by atoms with E-state index in [9.17, 15) is 45.6 Å². The van der Waals surface area contributed by atoms with Crippen molar-refractivity contribution in [2.75, 3.05) is 19.8 Å². The number of rotatable bonds is 38. The molecule has 2 aliphatic rings. The Balaban J connectivity index is 1.82. The molecule has 0 aromatic carbocycles. The normalized spacial score (nSPS) is 27.8. The Morgan fingerprint density at radius 3 is 1.48 bits per heavy atom. The van der Waals surface area contributed by atoms with Crippen molar-refractivity contribution in [3.63, 3.8) is 0 Å². The Labute approximate surface area is 374 Å². The number of ether oxygens (including phenoxy) is 4. The highest BCUT2D eigenvalue weighted by Crippen LogP contribution is 2.30. The van der Waals surface area contributed by atoms with Crippen LogP contribution in [0.15, 0.2) is 12.2 Å². The number of hydrogen-bond donors (Lipinski definition) is 9. The van der Waals surface area contributed by atoms with E-state index in [0.717, 1.165) is 38.5 Å². The summed E-state index contributed by atoms with van der Waals surface area (Å²) in [5, 5.41) is 86.5. The Morgan fingerprint density at radius 2 is 1.00 bits per heavy atom. The van der Waals surface area contributed by atoms with Crippen LogP contribution in [0.2, 0.25) is 0 Å². The van der Waals surface area contributed by atoms with Gasteiger partial charge in [0.15, 0.2) is 12.6 Å². The molecule has 1 amide bonds. The van der Waals surface area contributed by atoms with E-state index in [1.165, 1.54) is 128 Å². The summed E-state index contributed by atoms with van der Waals surface area (Å²) < 4.78 is 22.6. The van der Waals surface area contributed by atoms with Crippen molar-refractivity contribution in [2.45, 2.75) is 267 Å². The summed E-state index contributed by atoms with van der Waals surface area (Å²) in [6.07, 6.45) is 19.8. The van der Waals surface area contributed by atoms with Gasteiger partial charge in [-0.3, -0.25) is 4.79 Å². The first-order valence-electron chi connectivity index (χ1n) is 24.9. The summed E-state index contributed by atoms with van der Waals surface area (Å²) in [6.45, 7) is 2.76. The minimum Gasteiger partial charge on any atom is -0.394 e. The van der Waals surface area contributed by atoms with Gasteiger partial charge in [0.1, 0.15) is 48.8 Å². The second kappa shape index (κ2) is 35.9. The molecule has 0 saturated carbocycles. The van der Waals surface area contributed by atoms with Crippen molar-refractivity contribution in [2.24, 2.45) is 0 Å². The topological polar surface area (TPSA) is 228 Å². The summed E-state index contributed by atoms with van der Waals surface area (Å²) in [4.78, 5) is 13.1. The van der Waals surface area contributed by atoms with E-state index < -0.39 is 86.8 Å². The number of aliphatic hydroxyl groups is 8. The number of aliphatic hydroxyl groups excluding tert-OH is 8. The number of carbonyl (C=O) groups excluding carboxylic acids is 1. The van der Waals surface area contributed by atoms with E-state index in [4.69, 9.17) is 18.9 Å². The first kappa shape index (κ1) is 56.9. The summed E-state index contributed by atoms with van der Waals surface area (Å²) in [5.41, 5.74) is 0. The molecule has 0 aromatic heterocycles. The van der Waals surface area contributed by atoms with Crippen LogP contribution < -0.4 is 5.32 Å². The lowest BCUT2D eigenvalue weighted by Crippen LogP contribution is -2.65. The maximum atomic E-state index is 13.1. The molecule has 12 atom stereocenters. The van der Waals surface area contributed by atoms with Crippen LogP contribution in [0.5, 0.6) is 0 Å². The molecule has 2 fully saturated rings. The predicted octanol–water partition coefficient (Wildman–Crippen LogP) is 5.99. The molecule has 2 heterocycles. The van der Waals surface area contributed by atoms with Crippen molar-refractivity contribution in [3.8, 4) is 0 Å². The van der Waals surface area contributed by atoms with Gasteiger partial charge in [-0.25, -0.2) is 0 Å². The standard InChI is InChI=1S/C48H91NO13/c1-3-5-7-9-11-13-15-16-17-18-19-20-21-22-24-26-28-30-32-40(53)49-36(37(52)31-29-27-25-23-14-12-10-8-6-4-2)35-59-47-45(58)43(56)46(39(34-51)61-47)62-48-44(57)42(55)41(54)38(33-50)60-48/h29,31,36-39,41-48,50-52,54-58H,3-28,30,32-35H2,1-2H3,(H,49,53)/b31-29+/t36-,37+,38+,39+,41-,42?,43?,44?,45?,46+,47+,48-/m0/s1. The highest BCUT2D eigenvalue weighted by atomic mass is 16.7. The van der Waals surface area contributed by atoms with Gasteiger partial charge in [0, 0.05) is 6.42 Å². The Kier molecular flexibility index (Phi) is 32.9. The van der Waals surface area contributed by atoms with Gasteiger partial charge in [-0.15, -0.1) is 0 Å². The van der Waals surface area contributed by atoms with Crippen LogP contribution in [-0.2, 0) is 23.7 Å². The van der Waals surface area contributed by atoms with Crippen LogP contribution in [0.25, 0.3) is 0 Å². The zero-order valence-corrected chi connectivity index (χ0v) is 38.6. The number of carbonyl (C=O) groups is 1. The molecule has 9 N–H and O–H groups in total. The van der Waals surface area contributed by atoms with Gasteiger partial charge in [0.05, 0.1) is 32.0 Å². The number of unbranched alkanes of at least 4 members (excludes halogenated alkanes) is 25. The Hall–Kier alpha value is -1.27. The third-order valence-corrected chi connectivity index (χ3v) is 12.5. The lowest BCUT2D eigenvalue weighted by molar-refractivity contribution is -0.359. The van der Waals surface area contributed by atoms with E-state index in [0.29, 0.717) is 6.42 Å². The van der Waals surface area contributed by atoms with Crippen molar-refractivity contribution in [1.29, 1.82) is 0 Å². The largest absolute Gasteiger partial charge is 0.394 e. The van der Waals surface area contributed by atoms with Gasteiger partial charge >= 0.3 is 0 Å². The molecular formula is C48H91NO13. The van der Waals surface area contributed by atoms with Crippen LogP contribution >= 0.6 is 0 Å². The van der Waals surface area contributed by atoms with Crippen LogP contribution in [0.4, 0.5) is 0 Å². The number of nitrogens with one attached hydrogen (secondary N) is 1. The first-order chi connectivity index (χ1) is 30.1. The molecule has 0 spiro atoms. The zero-order chi connectivity index (χ0) is 45.4.